The smallest absolute Gasteiger partial charge is 0.263 e. The lowest BCUT2D eigenvalue weighted by molar-refractivity contribution is -0.116. The number of ketones is 1. The quantitative estimate of drug-likeness (QED) is 0.636. The van der Waals surface area contributed by atoms with Gasteiger partial charge in [0.2, 0.25) is 0 Å². The molecule has 1 heterocycles. The number of halogens is 1. The van der Waals surface area contributed by atoms with Gasteiger partial charge in [-0.1, -0.05) is 15.9 Å². The lowest BCUT2D eigenvalue weighted by Gasteiger charge is -2.11. The van der Waals surface area contributed by atoms with Gasteiger partial charge in [-0.15, -0.1) is 0 Å². The van der Waals surface area contributed by atoms with Crippen molar-refractivity contribution in [1.29, 1.82) is 0 Å². The summed E-state index contributed by atoms with van der Waals surface area (Å²) in [5.74, 6) is -0.314. The number of rotatable bonds is 1. The van der Waals surface area contributed by atoms with Gasteiger partial charge in [-0.05, 0) is 19.9 Å². The average molecular weight is 230 g/mol. The van der Waals surface area contributed by atoms with Crippen LogP contribution in [-0.4, -0.2) is 22.2 Å². The normalized spacial score (nSPS) is 23.2. The van der Waals surface area contributed by atoms with Gasteiger partial charge in [0.25, 0.3) is 5.91 Å². The first-order chi connectivity index (χ1) is 5.52. The topological polar surface area (TPSA) is 46.5 Å². The SMILES string of the molecule is CC(=O)C1=CC(Br)C(=O)N=C1C. The molecular weight excluding hydrogens is 222 g/mol. The van der Waals surface area contributed by atoms with E-state index in [1.807, 2.05) is 0 Å². The van der Waals surface area contributed by atoms with Crippen LogP contribution in [0.5, 0.6) is 0 Å². The monoisotopic (exact) mass is 229 g/mol. The van der Waals surface area contributed by atoms with Crippen molar-refractivity contribution >= 4 is 33.3 Å². The van der Waals surface area contributed by atoms with E-state index in [0.29, 0.717) is 11.3 Å². The summed E-state index contributed by atoms with van der Waals surface area (Å²) in [6, 6.07) is 0. The summed E-state index contributed by atoms with van der Waals surface area (Å²) < 4.78 is 0. The number of dihydropyridines is 1. The highest BCUT2D eigenvalue weighted by Crippen LogP contribution is 2.15. The van der Waals surface area contributed by atoms with E-state index < -0.39 is 4.83 Å². The zero-order chi connectivity index (χ0) is 9.30. The predicted molar refractivity (Wildman–Crippen MR) is 49.6 cm³/mol. The van der Waals surface area contributed by atoms with Crippen molar-refractivity contribution in [2.24, 2.45) is 4.99 Å². The fourth-order valence-corrected chi connectivity index (χ4v) is 1.36. The second kappa shape index (κ2) is 3.31. The Labute approximate surface area is 78.7 Å². The van der Waals surface area contributed by atoms with Crippen molar-refractivity contribution in [3.63, 3.8) is 0 Å². The van der Waals surface area contributed by atoms with Gasteiger partial charge in [0.1, 0.15) is 4.83 Å². The van der Waals surface area contributed by atoms with Gasteiger partial charge in [0.05, 0.1) is 5.71 Å². The molecule has 0 saturated carbocycles. The van der Waals surface area contributed by atoms with Gasteiger partial charge < -0.3 is 0 Å². The lowest BCUT2D eigenvalue weighted by atomic mass is 10.0. The van der Waals surface area contributed by atoms with Crippen molar-refractivity contribution in [1.82, 2.24) is 0 Å². The largest absolute Gasteiger partial charge is 0.294 e. The Morgan fingerprint density at radius 2 is 2.25 bits per heavy atom. The van der Waals surface area contributed by atoms with Gasteiger partial charge >= 0.3 is 0 Å². The van der Waals surface area contributed by atoms with Crippen LogP contribution in [0.3, 0.4) is 0 Å². The van der Waals surface area contributed by atoms with Gasteiger partial charge in [-0.3, -0.25) is 9.59 Å². The standard InChI is InChI=1S/C8H8BrNO2/c1-4-6(5(2)11)3-7(9)8(12)10-4/h3,7H,1-2H3. The maximum atomic E-state index is 11.0. The minimum absolute atomic E-state index is 0.0619. The van der Waals surface area contributed by atoms with Crippen molar-refractivity contribution in [2.45, 2.75) is 18.7 Å². The number of aliphatic imine (C=N–C) groups is 1. The first-order valence-corrected chi connectivity index (χ1v) is 4.40. The van der Waals surface area contributed by atoms with E-state index in [9.17, 15) is 9.59 Å². The van der Waals surface area contributed by atoms with E-state index in [2.05, 4.69) is 20.9 Å². The number of allylic oxidation sites excluding steroid dienone is 1. The van der Waals surface area contributed by atoms with E-state index in [0.717, 1.165) is 0 Å². The molecular formula is C8H8BrNO2. The number of hydrogen-bond acceptors (Lipinski definition) is 2. The van der Waals surface area contributed by atoms with Gasteiger partial charge in [-0.25, -0.2) is 4.99 Å². The van der Waals surface area contributed by atoms with Crippen LogP contribution in [0.1, 0.15) is 13.8 Å². The molecule has 0 spiro atoms. The Bertz CT molecular complexity index is 304. The third kappa shape index (κ3) is 1.69. The second-order valence-electron chi connectivity index (χ2n) is 2.57. The van der Waals surface area contributed by atoms with Crippen LogP contribution in [-0.2, 0) is 9.59 Å². The first-order valence-electron chi connectivity index (χ1n) is 3.48. The maximum absolute atomic E-state index is 11.0. The van der Waals surface area contributed by atoms with E-state index in [-0.39, 0.29) is 11.7 Å². The molecule has 1 aliphatic rings. The molecule has 0 bridgehead atoms. The summed E-state index contributed by atoms with van der Waals surface area (Å²) in [6.45, 7) is 3.12. The molecule has 0 radical (unpaired) electrons. The van der Waals surface area contributed by atoms with E-state index in [1.54, 1.807) is 13.0 Å². The Balaban J connectivity index is 3.04. The molecule has 0 fully saturated rings. The van der Waals surface area contributed by atoms with Gasteiger partial charge in [-0.2, -0.15) is 0 Å². The third-order valence-electron chi connectivity index (χ3n) is 1.60. The molecule has 1 amide bonds. The molecule has 0 saturated heterocycles. The van der Waals surface area contributed by atoms with Crippen molar-refractivity contribution in [2.75, 3.05) is 0 Å². The third-order valence-corrected chi connectivity index (χ3v) is 2.25. The van der Waals surface area contributed by atoms with Gasteiger partial charge in [0, 0.05) is 5.57 Å². The van der Waals surface area contributed by atoms with Crippen molar-refractivity contribution in [3.05, 3.63) is 11.6 Å². The second-order valence-corrected chi connectivity index (χ2v) is 3.56. The Morgan fingerprint density at radius 1 is 1.67 bits per heavy atom. The number of hydrogen-bond donors (Lipinski definition) is 0. The molecule has 1 rings (SSSR count). The summed E-state index contributed by atoms with van der Waals surface area (Å²) in [7, 11) is 0. The summed E-state index contributed by atoms with van der Waals surface area (Å²) in [6.07, 6.45) is 1.59. The Hall–Kier alpha value is -0.770. The van der Waals surface area contributed by atoms with Crippen LogP contribution < -0.4 is 0 Å². The number of nitrogens with zero attached hydrogens (tertiary/aromatic N) is 1. The fourth-order valence-electron chi connectivity index (χ4n) is 0.998. The molecule has 0 aliphatic carbocycles. The molecule has 64 valence electrons. The minimum Gasteiger partial charge on any atom is -0.294 e. The maximum Gasteiger partial charge on any atom is 0.263 e. The number of Topliss-reactive ketones (excluding diaryl/α,β-unsaturated/α-hetero) is 1. The number of amides is 1. The summed E-state index contributed by atoms with van der Waals surface area (Å²) >= 11 is 3.10. The van der Waals surface area contributed by atoms with Crippen LogP contribution in [0.15, 0.2) is 16.6 Å². The van der Waals surface area contributed by atoms with Crippen LogP contribution in [0.4, 0.5) is 0 Å². The predicted octanol–water partition coefficient (Wildman–Crippen LogP) is 1.27. The number of alkyl halides is 1. The molecule has 4 heteroatoms. The van der Waals surface area contributed by atoms with Crippen LogP contribution in [0.25, 0.3) is 0 Å². The summed E-state index contributed by atoms with van der Waals surface area (Å²) in [5.41, 5.74) is 1.03. The molecule has 1 aliphatic heterocycles. The minimum atomic E-state index is -0.444. The lowest BCUT2D eigenvalue weighted by Crippen LogP contribution is -2.21. The Kier molecular flexibility index (Phi) is 2.57. The first kappa shape index (κ1) is 9.32. The average Bonchev–Trinajstić information content (AvgIpc) is 1.96. The summed E-state index contributed by atoms with van der Waals surface area (Å²) in [5, 5.41) is 0. The molecule has 0 N–H and O–H groups in total. The zero-order valence-electron chi connectivity index (χ0n) is 6.80. The highest BCUT2D eigenvalue weighted by molar-refractivity contribution is 9.10. The highest BCUT2D eigenvalue weighted by atomic mass is 79.9. The van der Waals surface area contributed by atoms with Gasteiger partial charge in [0.15, 0.2) is 5.78 Å². The van der Waals surface area contributed by atoms with Crippen LogP contribution in [0.2, 0.25) is 0 Å². The van der Waals surface area contributed by atoms with Crippen LogP contribution >= 0.6 is 15.9 Å². The van der Waals surface area contributed by atoms with E-state index in [4.69, 9.17) is 0 Å². The Morgan fingerprint density at radius 3 is 2.75 bits per heavy atom. The van der Waals surface area contributed by atoms with Crippen molar-refractivity contribution < 1.29 is 9.59 Å². The molecule has 1 unspecified atom stereocenters. The number of carbonyl (C=O) groups is 2. The summed E-state index contributed by atoms with van der Waals surface area (Å²) in [4.78, 5) is 25.2. The molecule has 0 aromatic heterocycles. The molecule has 0 aromatic rings. The van der Waals surface area contributed by atoms with Crippen molar-refractivity contribution in [3.8, 4) is 0 Å². The fraction of sp³-hybridized carbons (Fsp3) is 0.375. The highest BCUT2D eigenvalue weighted by Gasteiger charge is 2.21. The molecule has 1 atom stereocenters. The van der Waals surface area contributed by atoms with E-state index >= 15 is 0 Å². The molecule has 0 aromatic carbocycles. The molecule has 3 nitrogen and oxygen atoms in total. The van der Waals surface area contributed by atoms with Crippen LogP contribution in [0, 0.1) is 0 Å². The zero-order valence-corrected chi connectivity index (χ0v) is 8.38. The number of carbonyl (C=O) groups excluding carboxylic acids is 2. The van der Waals surface area contributed by atoms with E-state index in [1.165, 1.54) is 6.92 Å². The molecule has 12 heavy (non-hydrogen) atoms.